The van der Waals surface area contributed by atoms with E-state index in [1.165, 1.54) is 28.0 Å². The molecule has 0 unspecified atom stereocenters. The van der Waals surface area contributed by atoms with Crippen LogP contribution >= 0.6 is 11.8 Å². The minimum absolute atomic E-state index is 0.0438. The second kappa shape index (κ2) is 7.26. The van der Waals surface area contributed by atoms with E-state index in [0.29, 0.717) is 10.9 Å². The van der Waals surface area contributed by atoms with Crippen LogP contribution in [0.25, 0.3) is 0 Å². The zero-order valence-corrected chi connectivity index (χ0v) is 13.7. The molecule has 1 N–H and O–H groups in total. The fourth-order valence-electron chi connectivity index (χ4n) is 2.06. The van der Waals surface area contributed by atoms with E-state index < -0.39 is 0 Å². The van der Waals surface area contributed by atoms with Crippen LogP contribution < -0.4 is 10.9 Å². The van der Waals surface area contributed by atoms with E-state index in [1.54, 1.807) is 6.92 Å². The Morgan fingerprint density at radius 2 is 2.00 bits per heavy atom. The molecular weight excluding hydrogens is 298 g/mol. The molecule has 0 aliphatic rings. The van der Waals surface area contributed by atoms with Crippen molar-refractivity contribution in [2.75, 3.05) is 11.6 Å². The van der Waals surface area contributed by atoms with Crippen molar-refractivity contribution in [2.45, 2.75) is 32.0 Å². The van der Waals surface area contributed by atoms with E-state index in [-0.39, 0.29) is 18.0 Å². The SMILES string of the molecule is CCc1ccc(NC(=O)Cn2c(SC)nc(C)cc2=O)cc1. The standard InChI is InChI=1S/C16H19N3O2S/c1-4-12-5-7-13(8-6-12)18-14(20)10-19-15(21)9-11(2)17-16(19)22-3/h5-9H,4,10H2,1-3H3,(H,18,20). The molecule has 1 heterocycles. The number of anilines is 1. The van der Waals surface area contributed by atoms with Gasteiger partial charge in [-0.1, -0.05) is 30.8 Å². The molecule has 0 spiro atoms. The number of aryl methyl sites for hydroxylation is 2. The van der Waals surface area contributed by atoms with Crippen LogP contribution in [0.1, 0.15) is 18.2 Å². The zero-order valence-electron chi connectivity index (χ0n) is 12.9. The average molecular weight is 317 g/mol. The number of aromatic nitrogens is 2. The molecule has 0 radical (unpaired) electrons. The van der Waals surface area contributed by atoms with E-state index in [9.17, 15) is 9.59 Å². The van der Waals surface area contributed by atoms with E-state index in [4.69, 9.17) is 0 Å². The Labute approximate surface area is 133 Å². The molecule has 6 heteroatoms. The molecule has 0 fully saturated rings. The highest BCUT2D eigenvalue weighted by Crippen LogP contribution is 2.12. The molecule has 1 amide bonds. The summed E-state index contributed by atoms with van der Waals surface area (Å²) >= 11 is 1.35. The maximum Gasteiger partial charge on any atom is 0.254 e. The summed E-state index contributed by atoms with van der Waals surface area (Å²) in [7, 11) is 0. The molecule has 0 saturated heterocycles. The number of nitrogens with one attached hydrogen (secondary N) is 1. The van der Waals surface area contributed by atoms with Crippen molar-refractivity contribution in [3.63, 3.8) is 0 Å². The largest absolute Gasteiger partial charge is 0.325 e. The van der Waals surface area contributed by atoms with Crippen LogP contribution in [0, 0.1) is 6.92 Å². The van der Waals surface area contributed by atoms with Gasteiger partial charge in [-0.2, -0.15) is 0 Å². The minimum atomic E-state index is -0.243. The fourth-order valence-corrected chi connectivity index (χ4v) is 2.67. The van der Waals surface area contributed by atoms with Crippen LogP contribution in [-0.4, -0.2) is 21.7 Å². The van der Waals surface area contributed by atoms with Gasteiger partial charge < -0.3 is 5.32 Å². The number of nitrogens with zero attached hydrogens (tertiary/aromatic N) is 2. The molecule has 0 aliphatic heterocycles. The van der Waals surface area contributed by atoms with Crippen LogP contribution in [0.5, 0.6) is 0 Å². The highest BCUT2D eigenvalue weighted by atomic mass is 32.2. The van der Waals surface area contributed by atoms with Crippen molar-refractivity contribution < 1.29 is 4.79 Å². The lowest BCUT2D eigenvalue weighted by Gasteiger charge is -2.11. The van der Waals surface area contributed by atoms with Gasteiger partial charge in [0.25, 0.3) is 5.56 Å². The second-order valence-corrected chi connectivity index (χ2v) is 5.68. The molecule has 1 aromatic heterocycles. The molecule has 5 nitrogen and oxygen atoms in total. The Hall–Kier alpha value is -2.08. The summed E-state index contributed by atoms with van der Waals surface area (Å²) in [5.74, 6) is -0.243. The third kappa shape index (κ3) is 3.98. The lowest BCUT2D eigenvalue weighted by Crippen LogP contribution is -2.29. The second-order valence-electron chi connectivity index (χ2n) is 4.91. The summed E-state index contributed by atoms with van der Waals surface area (Å²) in [4.78, 5) is 28.4. The van der Waals surface area contributed by atoms with Gasteiger partial charge in [-0.25, -0.2) is 4.98 Å². The lowest BCUT2D eigenvalue weighted by molar-refractivity contribution is -0.116. The predicted molar refractivity (Wildman–Crippen MR) is 89.5 cm³/mol. The summed E-state index contributed by atoms with van der Waals surface area (Å²) in [5.41, 5.74) is 2.37. The highest BCUT2D eigenvalue weighted by Gasteiger charge is 2.11. The minimum Gasteiger partial charge on any atom is -0.325 e. The maximum absolute atomic E-state index is 12.1. The molecule has 22 heavy (non-hydrogen) atoms. The van der Waals surface area contributed by atoms with Crippen LogP contribution in [0.15, 0.2) is 40.3 Å². The van der Waals surface area contributed by atoms with Crippen molar-refractivity contribution in [1.29, 1.82) is 0 Å². The molecule has 1 aromatic carbocycles. The fraction of sp³-hybridized carbons (Fsp3) is 0.312. The molecule has 2 aromatic rings. The van der Waals surface area contributed by atoms with Gasteiger partial charge in [0.2, 0.25) is 5.91 Å². The number of amides is 1. The summed E-state index contributed by atoms with van der Waals surface area (Å²) < 4.78 is 1.38. The monoisotopic (exact) mass is 317 g/mol. The van der Waals surface area contributed by atoms with Crippen molar-refractivity contribution >= 4 is 23.4 Å². The van der Waals surface area contributed by atoms with Crippen molar-refractivity contribution in [3.8, 4) is 0 Å². The predicted octanol–water partition coefficient (Wildman–Crippen LogP) is 2.47. The summed E-state index contributed by atoms with van der Waals surface area (Å²) in [6.07, 6.45) is 2.79. The summed E-state index contributed by atoms with van der Waals surface area (Å²) in [5, 5.41) is 3.34. The first-order valence-electron chi connectivity index (χ1n) is 7.04. The van der Waals surface area contributed by atoms with Crippen molar-refractivity contribution in [1.82, 2.24) is 9.55 Å². The molecular formula is C16H19N3O2S. The number of hydrogen-bond donors (Lipinski definition) is 1. The number of hydrogen-bond acceptors (Lipinski definition) is 4. The van der Waals surface area contributed by atoms with E-state index in [1.807, 2.05) is 30.5 Å². The Balaban J connectivity index is 2.13. The van der Waals surface area contributed by atoms with Gasteiger partial charge in [-0.15, -0.1) is 0 Å². The third-order valence-electron chi connectivity index (χ3n) is 3.23. The topological polar surface area (TPSA) is 64.0 Å². The Morgan fingerprint density at radius 3 is 2.59 bits per heavy atom. The Bertz CT molecular complexity index is 723. The first-order valence-corrected chi connectivity index (χ1v) is 8.27. The van der Waals surface area contributed by atoms with E-state index in [2.05, 4.69) is 17.2 Å². The number of rotatable bonds is 5. The smallest absolute Gasteiger partial charge is 0.254 e. The normalized spacial score (nSPS) is 10.5. The van der Waals surface area contributed by atoms with Gasteiger partial charge in [0.1, 0.15) is 6.54 Å². The summed E-state index contributed by atoms with van der Waals surface area (Å²) in [6.45, 7) is 3.80. The van der Waals surface area contributed by atoms with Gasteiger partial charge in [0.05, 0.1) is 0 Å². The number of carbonyl (C=O) groups excluding carboxylic acids is 1. The Morgan fingerprint density at radius 1 is 1.32 bits per heavy atom. The highest BCUT2D eigenvalue weighted by molar-refractivity contribution is 7.98. The first-order chi connectivity index (χ1) is 10.5. The number of carbonyl (C=O) groups is 1. The van der Waals surface area contributed by atoms with Crippen LogP contribution in [0.3, 0.4) is 0 Å². The molecule has 116 valence electrons. The third-order valence-corrected chi connectivity index (χ3v) is 3.91. The Kier molecular flexibility index (Phi) is 5.38. The van der Waals surface area contributed by atoms with Crippen LogP contribution in [-0.2, 0) is 17.8 Å². The van der Waals surface area contributed by atoms with Crippen molar-refractivity contribution in [2.24, 2.45) is 0 Å². The average Bonchev–Trinajstić information content (AvgIpc) is 2.50. The number of benzene rings is 1. The van der Waals surface area contributed by atoms with Crippen LogP contribution in [0.2, 0.25) is 0 Å². The lowest BCUT2D eigenvalue weighted by atomic mass is 10.1. The van der Waals surface area contributed by atoms with Crippen molar-refractivity contribution in [3.05, 3.63) is 51.9 Å². The van der Waals surface area contributed by atoms with Gasteiger partial charge >= 0.3 is 0 Å². The molecule has 2 rings (SSSR count). The number of thioether (sulfide) groups is 1. The molecule has 0 aliphatic carbocycles. The maximum atomic E-state index is 12.1. The van der Waals surface area contributed by atoms with Gasteiger partial charge in [0, 0.05) is 17.4 Å². The van der Waals surface area contributed by atoms with Gasteiger partial charge in [0.15, 0.2) is 5.16 Å². The summed E-state index contributed by atoms with van der Waals surface area (Å²) in [6, 6.07) is 9.11. The van der Waals surface area contributed by atoms with E-state index >= 15 is 0 Å². The van der Waals surface area contributed by atoms with Gasteiger partial charge in [-0.3, -0.25) is 14.2 Å². The van der Waals surface area contributed by atoms with Crippen LogP contribution in [0.4, 0.5) is 5.69 Å². The quantitative estimate of drug-likeness (QED) is 0.680. The molecule has 0 saturated carbocycles. The zero-order chi connectivity index (χ0) is 16.1. The van der Waals surface area contributed by atoms with E-state index in [0.717, 1.165) is 12.1 Å². The van der Waals surface area contributed by atoms with Gasteiger partial charge in [-0.05, 0) is 37.3 Å². The first kappa shape index (κ1) is 16.3. The molecule has 0 atom stereocenters. The molecule has 0 bridgehead atoms.